The Bertz CT molecular complexity index is 1060. The average Bonchev–Trinajstić information content (AvgIpc) is 3.15. The van der Waals surface area contributed by atoms with Crippen LogP contribution in [0, 0.1) is 24.5 Å². The second-order valence-corrected chi connectivity index (χ2v) is 8.65. The van der Waals surface area contributed by atoms with Crippen LogP contribution < -0.4 is 10.1 Å². The van der Waals surface area contributed by atoms with E-state index in [0.29, 0.717) is 37.5 Å². The molecule has 2 saturated heterocycles. The summed E-state index contributed by atoms with van der Waals surface area (Å²) < 4.78 is 39.3. The molecule has 176 valence electrons. The Kier molecular flexibility index (Phi) is 6.60. The Labute approximate surface area is 191 Å². The van der Waals surface area contributed by atoms with Gasteiger partial charge in [0, 0.05) is 35.3 Å². The van der Waals surface area contributed by atoms with Crippen LogP contribution in [0.4, 0.5) is 8.78 Å². The van der Waals surface area contributed by atoms with E-state index in [1.54, 1.807) is 11.0 Å². The van der Waals surface area contributed by atoms with Gasteiger partial charge in [-0.1, -0.05) is 0 Å². The number of nitrogens with zero attached hydrogens (tertiary/aromatic N) is 2. The molecule has 2 aromatic rings. The summed E-state index contributed by atoms with van der Waals surface area (Å²) in [5.41, 5.74) is 0.645. The van der Waals surface area contributed by atoms with Crippen molar-refractivity contribution in [3.8, 4) is 5.88 Å². The molecule has 1 N–H and O–H groups in total. The van der Waals surface area contributed by atoms with E-state index in [1.165, 1.54) is 26.3 Å². The lowest BCUT2D eigenvalue weighted by Crippen LogP contribution is -2.51. The SMILES string of the molecule is COc1cc(C(=O)N2[C@H](C)CC[C@@H]2C(=O)N[C@@H](c2cc(F)c(C)cc2F)C2COC2)ccn1. The molecular formula is C24H27F2N3O4. The minimum Gasteiger partial charge on any atom is -0.481 e. The van der Waals surface area contributed by atoms with Crippen LogP contribution >= 0.6 is 0 Å². The van der Waals surface area contributed by atoms with Crippen molar-refractivity contribution >= 4 is 11.8 Å². The summed E-state index contributed by atoms with van der Waals surface area (Å²) in [6.07, 6.45) is 2.60. The molecule has 33 heavy (non-hydrogen) atoms. The molecule has 1 aromatic carbocycles. The largest absolute Gasteiger partial charge is 0.481 e. The molecule has 3 heterocycles. The van der Waals surface area contributed by atoms with Crippen molar-refractivity contribution in [2.45, 2.75) is 44.8 Å². The number of aromatic nitrogens is 1. The van der Waals surface area contributed by atoms with Gasteiger partial charge in [-0.15, -0.1) is 0 Å². The Morgan fingerprint density at radius 3 is 2.64 bits per heavy atom. The number of amides is 2. The predicted molar refractivity (Wildman–Crippen MR) is 116 cm³/mol. The van der Waals surface area contributed by atoms with Gasteiger partial charge in [0.2, 0.25) is 11.8 Å². The zero-order valence-electron chi connectivity index (χ0n) is 18.8. The van der Waals surface area contributed by atoms with Gasteiger partial charge in [-0.2, -0.15) is 0 Å². The fourth-order valence-corrected chi connectivity index (χ4v) is 4.43. The number of likely N-dealkylation sites (tertiary alicyclic amines) is 1. The van der Waals surface area contributed by atoms with Crippen molar-refractivity contribution in [1.82, 2.24) is 15.2 Å². The number of halogens is 2. The van der Waals surface area contributed by atoms with Crippen LogP contribution in [0.15, 0.2) is 30.5 Å². The highest BCUT2D eigenvalue weighted by Gasteiger charge is 2.41. The van der Waals surface area contributed by atoms with Gasteiger partial charge in [0.05, 0.1) is 26.4 Å². The number of benzene rings is 1. The second kappa shape index (κ2) is 9.43. The van der Waals surface area contributed by atoms with Gasteiger partial charge in [-0.25, -0.2) is 13.8 Å². The van der Waals surface area contributed by atoms with Crippen LogP contribution in [0.25, 0.3) is 0 Å². The number of carbonyl (C=O) groups is 2. The first kappa shape index (κ1) is 23.1. The molecular weight excluding hydrogens is 432 g/mol. The summed E-state index contributed by atoms with van der Waals surface area (Å²) in [4.78, 5) is 32.2. The predicted octanol–water partition coefficient (Wildman–Crippen LogP) is 3.17. The lowest BCUT2D eigenvalue weighted by molar-refractivity contribution is -0.128. The summed E-state index contributed by atoms with van der Waals surface area (Å²) in [5.74, 6) is -1.71. The van der Waals surface area contributed by atoms with E-state index in [0.717, 1.165) is 12.1 Å². The number of hydrogen-bond acceptors (Lipinski definition) is 5. The van der Waals surface area contributed by atoms with Crippen LogP contribution in [0.1, 0.15) is 47.3 Å². The lowest BCUT2D eigenvalue weighted by Gasteiger charge is -2.36. The number of ether oxygens (including phenoxy) is 2. The molecule has 0 aliphatic carbocycles. The lowest BCUT2D eigenvalue weighted by atomic mass is 9.90. The van der Waals surface area contributed by atoms with Crippen LogP contribution in [0.5, 0.6) is 5.88 Å². The second-order valence-electron chi connectivity index (χ2n) is 8.65. The fraction of sp³-hybridized carbons (Fsp3) is 0.458. The minimum absolute atomic E-state index is 0.0857. The molecule has 7 nitrogen and oxygen atoms in total. The highest BCUT2D eigenvalue weighted by atomic mass is 19.1. The Morgan fingerprint density at radius 1 is 1.21 bits per heavy atom. The molecule has 0 spiro atoms. The maximum absolute atomic E-state index is 14.7. The van der Waals surface area contributed by atoms with Gasteiger partial charge in [-0.05, 0) is 50.5 Å². The molecule has 9 heteroatoms. The number of rotatable bonds is 6. The maximum atomic E-state index is 14.7. The summed E-state index contributed by atoms with van der Waals surface area (Å²) in [6.45, 7) is 4.04. The zero-order chi connectivity index (χ0) is 23.7. The summed E-state index contributed by atoms with van der Waals surface area (Å²) in [5, 5.41) is 2.89. The van der Waals surface area contributed by atoms with Gasteiger partial charge in [-0.3, -0.25) is 9.59 Å². The van der Waals surface area contributed by atoms with Crippen molar-refractivity contribution in [3.05, 3.63) is 58.8 Å². The molecule has 0 saturated carbocycles. The summed E-state index contributed by atoms with van der Waals surface area (Å²) in [7, 11) is 1.46. The first-order chi connectivity index (χ1) is 15.8. The third kappa shape index (κ3) is 4.55. The number of hydrogen-bond donors (Lipinski definition) is 1. The average molecular weight is 459 g/mol. The normalized spacial score (nSPS) is 21.4. The highest BCUT2D eigenvalue weighted by Crippen LogP contribution is 2.33. The molecule has 2 amide bonds. The van der Waals surface area contributed by atoms with Crippen molar-refractivity contribution in [3.63, 3.8) is 0 Å². The van der Waals surface area contributed by atoms with Crippen LogP contribution in [-0.2, 0) is 9.53 Å². The molecule has 2 aliphatic heterocycles. The number of nitrogens with one attached hydrogen (secondary N) is 1. The number of methoxy groups -OCH3 is 1. The van der Waals surface area contributed by atoms with E-state index in [1.807, 2.05) is 6.92 Å². The van der Waals surface area contributed by atoms with E-state index < -0.39 is 29.6 Å². The maximum Gasteiger partial charge on any atom is 0.255 e. The standard InChI is InChI=1S/C24H27F2N3O4/c1-13-8-19(26)17(10-18(13)25)22(16-11-33-12-16)28-23(30)20-5-4-14(2)29(20)24(31)15-6-7-27-21(9-15)32-3/h6-10,14,16,20,22H,4-5,11-12H2,1-3H3,(H,28,30)/t14-,20-,22-/m1/s1. The Hall–Kier alpha value is -3.07. The highest BCUT2D eigenvalue weighted by molar-refractivity contribution is 5.98. The molecule has 0 unspecified atom stereocenters. The zero-order valence-corrected chi connectivity index (χ0v) is 18.8. The van der Waals surface area contributed by atoms with E-state index in [-0.39, 0.29) is 29.0 Å². The first-order valence-electron chi connectivity index (χ1n) is 11.0. The molecule has 1 aromatic heterocycles. The van der Waals surface area contributed by atoms with Crippen LogP contribution in [0.2, 0.25) is 0 Å². The summed E-state index contributed by atoms with van der Waals surface area (Å²) >= 11 is 0. The fourth-order valence-electron chi connectivity index (χ4n) is 4.43. The monoisotopic (exact) mass is 459 g/mol. The molecule has 2 aliphatic rings. The van der Waals surface area contributed by atoms with E-state index >= 15 is 0 Å². The smallest absolute Gasteiger partial charge is 0.255 e. The van der Waals surface area contributed by atoms with Gasteiger partial charge in [0.25, 0.3) is 5.91 Å². The van der Waals surface area contributed by atoms with Crippen molar-refractivity contribution in [1.29, 1.82) is 0 Å². The Morgan fingerprint density at radius 2 is 1.97 bits per heavy atom. The minimum atomic E-state index is -0.754. The van der Waals surface area contributed by atoms with Gasteiger partial charge in [0.1, 0.15) is 17.7 Å². The topological polar surface area (TPSA) is 80.8 Å². The first-order valence-corrected chi connectivity index (χ1v) is 11.0. The van der Waals surface area contributed by atoms with Gasteiger partial charge >= 0.3 is 0 Å². The number of aryl methyl sites for hydroxylation is 1. The molecule has 2 fully saturated rings. The molecule has 3 atom stereocenters. The van der Waals surface area contributed by atoms with Crippen molar-refractivity contribution < 1.29 is 27.8 Å². The number of pyridine rings is 1. The van der Waals surface area contributed by atoms with Gasteiger partial charge < -0.3 is 19.7 Å². The molecule has 0 radical (unpaired) electrons. The van der Waals surface area contributed by atoms with Crippen LogP contribution in [0.3, 0.4) is 0 Å². The summed E-state index contributed by atoms with van der Waals surface area (Å²) in [6, 6.07) is 3.73. The molecule has 4 rings (SSSR count). The van der Waals surface area contributed by atoms with E-state index in [2.05, 4.69) is 10.3 Å². The third-order valence-corrected chi connectivity index (χ3v) is 6.44. The number of carbonyl (C=O) groups excluding carboxylic acids is 2. The van der Waals surface area contributed by atoms with Gasteiger partial charge in [0.15, 0.2) is 0 Å². The van der Waals surface area contributed by atoms with E-state index in [9.17, 15) is 18.4 Å². The molecule has 0 bridgehead atoms. The van der Waals surface area contributed by atoms with E-state index in [4.69, 9.17) is 9.47 Å². The van der Waals surface area contributed by atoms with Crippen LogP contribution in [-0.4, -0.2) is 54.1 Å². The Balaban J connectivity index is 1.58. The van der Waals surface area contributed by atoms with Crippen molar-refractivity contribution in [2.24, 2.45) is 5.92 Å². The third-order valence-electron chi connectivity index (χ3n) is 6.44. The van der Waals surface area contributed by atoms with Crippen molar-refractivity contribution in [2.75, 3.05) is 20.3 Å². The quantitative estimate of drug-likeness (QED) is 0.718.